The SMILES string of the molecule is CC(CC(=O)NCC1(C)CCNCC1)C(=O)c1cccc(F)c1.Cl. The molecule has 0 spiro atoms. The monoisotopic (exact) mass is 356 g/mol. The van der Waals surface area contributed by atoms with Gasteiger partial charge in [-0.1, -0.05) is 26.0 Å². The van der Waals surface area contributed by atoms with Gasteiger partial charge in [0.15, 0.2) is 5.78 Å². The van der Waals surface area contributed by atoms with Gasteiger partial charge in [0.1, 0.15) is 5.82 Å². The van der Waals surface area contributed by atoms with Gasteiger partial charge < -0.3 is 10.6 Å². The maximum Gasteiger partial charge on any atom is 0.220 e. The second-order valence-electron chi connectivity index (χ2n) is 6.82. The van der Waals surface area contributed by atoms with E-state index >= 15 is 0 Å². The first-order valence-electron chi connectivity index (χ1n) is 8.17. The van der Waals surface area contributed by atoms with Crippen molar-refractivity contribution in [1.82, 2.24) is 10.6 Å². The van der Waals surface area contributed by atoms with Crippen molar-refractivity contribution in [3.8, 4) is 0 Å². The van der Waals surface area contributed by atoms with Crippen molar-refractivity contribution in [2.45, 2.75) is 33.1 Å². The van der Waals surface area contributed by atoms with E-state index in [1.54, 1.807) is 13.0 Å². The lowest BCUT2D eigenvalue weighted by Gasteiger charge is -2.34. The summed E-state index contributed by atoms with van der Waals surface area (Å²) in [6.07, 6.45) is 2.19. The van der Waals surface area contributed by atoms with E-state index in [9.17, 15) is 14.0 Å². The van der Waals surface area contributed by atoms with Crippen LogP contribution in [0.15, 0.2) is 24.3 Å². The minimum atomic E-state index is -0.461. The Morgan fingerprint density at radius 2 is 2.00 bits per heavy atom. The molecule has 1 fully saturated rings. The highest BCUT2D eigenvalue weighted by atomic mass is 35.5. The molecule has 1 atom stereocenters. The van der Waals surface area contributed by atoms with Gasteiger partial charge in [-0.3, -0.25) is 9.59 Å². The molecule has 0 saturated carbocycles. The van der Waals surface area contributed by atoms with Gasteiger partial charge >= 0.3 is 0 Å². The summed E-state index contributed by atoms with van der Waals surface area (Å²) < 4.78 is 13.2. The molecule has 0 radical (unpaired) electrons. The largest absolute Gasteiger partial charge is 0.356 e. The molecule has 6 heteroatoms. The number of amides is 1. The summed E-state index contributed by atoms with van der Waals surface area (Å²) in [5.74, 6) is -1.22. The van der Waals surface area contributed by atoms with E-state index in [-0.39, 0.29) is 35.9 Å². The number of carbonyl (C=O) groups is 2. The number of ketones is 1. The highest BCUT2D eigenvalue weighted by molar-refractivity contribution is 5.99. The highest BCUT2D eigenvalue weighted by Crippen LogP contribution is 2.26. The lowest BCUT2D eigenvalue weighted by atomic mass is 9.81. The molecule has 2 rings (SSSR count). The second kappa shape index (κ2) is 9.14. The van der Waals surface area contributed by atoms with E-state index in [0.717, 1.165) is 25.9 Å². The molecule has 24 heavy (non-hydrogen) atoms. The van der Waals surface area contributed by atoms with Crippen molar-refractivity contribution in [3.05, 3.63) is 35.6 Å². The standard InChI is InChI=1S/C18H25FN2O2.ClH/c1-13(17(23)14-4-3-5-15(19)11-14)10-16(22)21-12-18(2)6-8-20-9-7-18;/h3-5,11,13,20H,6-10,12H2,1-2H3,(H,21,22);1H. The van der Waals surface area contributed by atoms with E-state index in [2.05, 4.69) is 17.6 Å². The van der Waals surface area contributed by atoms with E-state index in [1.807, 2.05) is 0 Å². The summed E-state index contributed by atoms with van der Waals surface area (Å²) in [6.45, 7) is 6.46. The van der Waals surface area contributed by atoms with Gasteiger partial charge in [-0.05, 0) is 43.5 Å². The number of nitrogens with one attached hydrogen (secondary N) is 2. The molecule has 1 saturated heterocycles. The molecule has 134 valence electrons. The van der Waals surface area contributed by atoms with Crippen molar-refractivity contribution in [2.24, 2.45) is 11.3 Å². The summed E-state index contributed by atoms with van der Waals surface area (Å²) in [7, 11) is 0. The molecule has 1 amide bonds. The van der Waals surface area contributed by atoms with Crippen LogP contribution in [0.2, 0.25) is 0 Å². The fourth-order valence-electron chi connectivity index (χ4n) is 2.89. The number of Topliss-reactive ketones (excluding diaryl/α,β-unsaturated/α-hetero) is 1. The van der Waals surface area contributed by atoms with Crippen LogP contribution in [-0.4, -0.2) is 31.3 Å². The van der Waals surface area contributed by atoms with Crippen molar-refractivity contribution in [1.29, 1.82) is 0 Å². The zero-order valence-corrected chi connectivity index (χ0v) is 15.0. The van der Waals surface area contributed by atoms with Crippen LogP contribution >= 0.6 is 12.4 Å². The van der Waals surface area contributed by atoms with Gasteiger partial charge in [0.2, 0.25) is 5.91 Å². The first-order valence-corrected chi connectivity index (χ1v) is 8.17. The van der Waals surface area contributed by atoms with Crippen LogP contribution in [0.25, 0.3) is 0 Å². The van der Waals surface area contributed by atoms with Crippen LogP contribution in [0.1, 0.15) is 43.5 Å². The Morgan fingerprint density at radius 1 is 1.33 bits per heavy atom. The molecule has 4 nitrogen and oxygen atoms in total. The minimum absolute atomic E-state index is 0. The predicted molar refractivity (Wildman–Crippen MR) is 95.0 cm³/mol. The van der Waals surface area contributed by atoms with Gasteiger partial charge in [0.05, 0.1) is 0 Å². The molecular formula is C18H26ClFN2O2. The summed E-state index contributed by atoms with van der Waals surface area (Å²) in [6, 6.07) is 5.60. The Hall–Kier alpha value is -1.46. The molecule has 1 aromatic carbocycles. The molecule has 1 heterocycles. The Balaban J connectivity index is 0.00000288. The van der Waals surface area contributed by atoms with Crippen LogP contribution in [0.3, 0.4) is 0 Å². The molecule has 0 bridgehead atoms. The zero-order valence-electron chi connectivity index (χ0n) is 14.2. The van der Waals surface area contributed by atoms with Crippen LogP contribution in [0.4, 0.5) is 4.39 Å². The lowest BCUT2D eigenvalue weighted by Crippen LogP contribution is -2.43. The first kappa shape index (κ1) is 20.6. The van der Waals surface area contributed by atoms with Gasteiger partial charge in [-0.25, -0.2) is 4.39 Å². The number of rotatable bonds is 6. The van der Waals surface area contributed by atoms with Crippen LogP contribution < -0.4 is 10.6 Å². The normalized spacial score (nSPS) is 17.5. The average Bonchev–Trinajstić information content (AvgIpc) is 2.53. The average molecular weight is 357 g/mol. The molecule has 1 unspecified atom stereocenters. The highest BCUT2D eigenvalue weighted by Gasteiger charge is 2.27. The maximum atomic E-state index is 13.2. The third-order valence-corrected chi connectivity index (χ3v) is 4.57. The lowest BCUT2D eigenvalue weighted by molar-refractivity contribution is -0.122. The third-order valence-electron chi connectivity index (χ3n) is 4.57. The second-order valence-corrected chi connectivity index (χ2v) is 6.82. The number of benzene rings is 1. The fourth-order valence-corrected chi connectivity index (χ4v) is 2.89. The molecule has 1 aliphatic heterocycles. The van der Waals surface area contributed by atoms with Crippen LogP contribution in [-0.2, 0) is 4.79 Å². The van der Waals surface area contributed by atoms with Gasteiger partial charge in [-0.2, -0.15) is 0 Å². The number of carbonyl (C=O) groups excluding carboxylic acids is 2. The fraction of sp³-hybridized carbons (Fsp3) is 0.556. The smallest absolute Gasteiger partial charge is 0.220 e. The van der Waals surface area contributed by atoms with E-state index < -0.39 is 11.7 Å². The summed E-state index contributed by atoms with van der Waals surface area (Å²) in [5.41, 5.74) is 0.437. The Kier molecular flexibility index (Phi) is 7.84. The summed E-state index contributed by atoms with van der Waals surface area (Å²) in [4.78, 5) is 24.3. The molecule has 2 N–H and O–H groups in total. The Morgan fingerprint density at radius 3 is 2.62 bits per heavy atom. The number of hydrogen-bond acceptors (Lipinski definition) is 3. The predicted octanol–water partition coefficient (Wildman–Crippen LogP) is 2.96. The molecular weight excluding hydrogens is 331 g/mol. The third kappa shape index (κ3) is 5.87. The molecule has 0 aliphatic carbocycles. The van der Waals surface area contributed by atoms with Gasteiger partial charge in [0.25, 0.3) is 0 Å². The van der Waals surface area contributed by atoms with Crippen molar-refractivity contribution >= 4 is 24.1 Å². The first-order chi connectivity index (χ1) is 10.9. The zero-order chi connectivity index (χ0) is 16.9. The van der Waals surface area contributed by atoms with Gasteiger partial charge in [-0.15, -0.1) is 12.4 Å². The van der Waals surface area contributed by atoms with Crippen LogP contribution in [0, 0.1) is 17.2 Å². The quantitative estimate of drug-likeness (QED) is 0.770. The summed E-state index contributed by atoms with van der Waals surface area (Å²) in [5, 5.41) is 6.26. The Bertz CT molecular complexity index is 574. The topological polar surface area (TPSA) is 58.2 Å². The number of hydrogen-bond donors (Lipinski definition) is 2. The Labute approximate surface area is 149 Å². The van der Waals surface area contributed by atoms with E-state index in [4.69, 9.17) is 0 Å². The molecule has 1 aliphatic rings. The maximum absolute atomic E-state index is 13.2. The van der Waals surface area contributed by atoms with Gasteiger partial charge in [0, 0.05) is 24.4 Å². The summed E-state index contributed by atoms with van der Waals surface area (Å²) >= 11 is 0. The van der Waals surface area contributed by atoms with Crippen molar-refractivity contribution in [2.75, 3.05) is 19.6 Å². The van der Waals surface area contributed by atoms with Crippen molar-refractivity contribution < 1.29 is 14.0 Å². The molecule has 0 aromatic heterocycles. The minimum Gasteiger partial charge on any atom is -0.356 e. The number of piperidine rings is 1. The van der Waals surface area contributed by atoms with Crippen LogP contribution in [0.5, 0.6) is 0 Å². The van der Waals surface area contributed by atoms with E-state index in [0.29, 0.717) is 12.1 Å². The van der Waals surface area contributed by atoms with E-state index in [1.165, 1.54) is 18.2 Å². The number of halogens is 2. The molecule has 1 aromatic rings. The van der Waals surface area contributed by atoms with Crippen molar-refractivity contribution in [3.63, 3.8) is 0 Å².